The molecule has 2 bridgehead atoms. The highest BCUT2D eigenvalue weighted by atomic mass is 35.5. The van der Waals surface area contributed by atoms with Crippen LogP contribution in [-0.4, -0.2) is 24.0 Å². The van der Waals surface area contributed by atoms with Crippen LogP contribution in [0.4, 0.5) is 18.9 Å². The van der Waals surface area contributed by atoms with Crippen LogP contribution in [0.1, 0.15) is 5.56 Å². The summed E-state index contributed by atoms with van der Waals surface area (Å²) in [7, 11) is 0. The van der Waals surface area contributed by atoms with E-state index in [4.69, 9.17) is 16.3 Å². The molecule has 0 unspecified atom stereocenters. The number of benzene rings is 1. The summed E-state index contributed by atoms with van der Waals surface area (Å²) in [4.78, 5) is 25.8. The maximum absolute atomic E-state index is 13.0. The fraction of sp³-hybridized carbons (Fsp3) is 0.333. The van der Waals surface area contributed by atoms with Gasteiger partial charge in [-0.05, 0) is 18.2 Å². The predicted molar refractivity (Wildman–Crippen MR) is 73.7 cm³/mol. The Hall–Kier alpha value is -1.86. The summed E-state index contributed by atoms with van der Waals surface area (Å²) < 4.78 is 44.4. The van der Waals surface area contributed by atoms with E-state index in [-0.39, 0.29) is 5.69 Å². The van der Waals surface area contributed by atoms with Gasteiger partial charge in [0.2, 0.25) is 11.8 Å². The molecule has 3 aliphatic heterocycles. The number of carbonyl (C=O) groups is 2. The van der Waals surface area contributed by atoms with Gasteiger partial charge in [0.25, 0.3) is 0 Å². The van der Waals surface area contributed by atoms with Crippen LogP contribution in [0.25, 0.3) is 0 Å². The Kier molecular flexibility index (Phi) is 2.93. The molecule has 2 amide bonds. The standard InChI is InChI=1S/C15H9ClF3NO3/c16-8-2-1-6(5-7(8)15(17,18)19)20-13(21)11-9-3-4-10(23-9)12(11)14(20)22/h1-5,9-12H/t9-,10-,11+,12+/m1/s1. The maximum Gasteiger partial charge on any atom is 0.417 e. The molecule has 120 valence electrons. The van der Waals surface area contributed by atoms with Crippen LogP contribution in [0, 0.1) is 11.8 Å². The van der Waals surface area contributed by atoms with Crippen molar-refractivity contribution in [1.29, 1.82) is 0 Å². The Bertz CT molecular complexity index is 731. The topological polar surface area (TPSA) is 46.6 Å². The van der Waals surface area contributed by atoms with E-state index >= 15 is 0 Å². The monoisotopic (exact) mass is 343 g/mol. The molecule has 23 heavy (non-hydrogen) atoms. The van der Waals surface area contributed by atoms with E-state index in [2.05, 4.69) is 0 Å². The van der Waals surface area contributed by atoms with E-state index in [1.807, 2.05) is 0 Å². The van der Waals surface area contributed by atoms with Crippen molar-refractivity contribution in [3.63, 3.8) is 0 Å². The van der Waals surface area contributed by atoms with Crippen molar-refractivity contribution in [2.24, 2.45) is 11.8 Å². The average Bonchev–Trinajstić information content (AvgIpc) is 3.13. The van der Waals surface area contributed by atoms with Crippen LogP contribution in [-0.2, 0) is 20.5 Å². The third-order valence-electron chi connectivity index (χ3n) is 4.42. The van der Waals surface area contributed by atoms with E-state index in [0.717, 1.165) is 17.0 Å². The molecule has 3 aliphatic rings. The van der Waals surface area contributed by atoms with E-state index in [1.165, 1.54) is 6.07 Å². The van der Waals surface area contributed by atoms with Crippen LogP contribution in [0.5, 0.6) is 0 Å². The molecule has 8 heteroatoms. The number of imide groups is 1. The maximum atomic E-state index is 13.0. The predicted octanol–water partition coefficient (Wildman–Crippen LogP) is 2.80. The van der Waals surface area contributed by atoms with E-state index in [1.54, 1.807) is 12.2 Å². The SMILES string of the molecule is O=C1[C@@H]2[C@@H](C(=O)N1c1ccc(Cl)c(C(F)(F)F)c1)[C@H]1C=C[C@H]2O1. The molecule has 0 saturated carbocycles. The molecule has 0 aliphatic carbocycles. The van der Waals surface area contributed by atoms with E-state index in [9.17, 15) is 22.8 Å². The molecule has 3 heterocycles. The molecule has 4 atom stereocenters. The average molecular weight is 344 g/mol. The number of hydrogen-bond acceptors (Lipinski definition) is 3. The second-order valence-corrected chi connectivity index (χ2v) is 6.08. The Labute approximate surface area is 133 Å². The zero-order valence-electron chi connectivity index (χ0n) is 11.4. The van der Waals surface area contributed by atoms with Crippen molar-refractivity contribution < 1.29 is 27.5 Å². The number of amides is 2. The number of rotatable bonds is 1. The van der Waals surface area contributed by atoms with Gasteiger partial charge in [-0.3, -0.25) is 9.59 Å². The van der Waals surface area contributed by atoms with Crippen molar-refractivity contribution in [2.45, 2.75) is 18.4 Å². The first kappa shape index (κ1) is 14.7. The van der Waals surface area contributed by atoms with Gasteiger partial charge in [0, 0.05) is 0 Å². The number of halogens is 4. The fourth-order valence-electron chi connectivity index (χ4n) is 3.43. The minimum atomic E-state index is -4.67. The summed E-state index contributed by atoms with van der Waals surface area (Å²) in [5.41, 5.74) is -1.20. The van der Waals surface area contributed by atoms with Gasteiger partial charge in [0.15, 0.2) is 0 Å². The molecular formula is C15H9ClF3NO3. The first-order valence-corrected chi connectivity index (χ1v) is 7.25. The van der Waals surface area contributed by atoms with Gasteiger partial charge in [-0.15, -0.1) is 0 Å². The minimum absolute atomic E-state index is 0.120. The van der Waals surface area contributed by atoms with Crippen LogP contribution < -0.4 is 4.90 Å². The van der Waals surface area contributed by atoms with Crippen LogP contribution >= 0.6 is 11.6 Å². The normalized spacial score (nSPS) is 32.1. The highest BCUT2D eigenvalue weighted by molar-refractivity contribution is 6.31. The molecule has 4 rings (SSSR count). The molecule has 0 spiro atoms. The molecule has 0 aromatic heterocycles. The fourth-order valence-corrected chi connectivity index (χ4v) is 3.65. The van der Waals surface area contributed by atoms with Gasteiger partial charge in [0.05, 0.1) is 40.3 Å². The second-order valence-electron chi connectivity index (χ2n) is 5.68. The summed E-state index contributed by atoms with van der Waals surface area (Å²) in [5, 5.41) is -0.481. The van der Waals surface area contributed by atoms with Gasteiger partial charge in [-0.25, -0.2) is 4.90 Å². The molecule has 2 saturated heterocycles. The van der Waals surface area contributed by atoms with Crippen molar-refractivity contribution in [2.75, 3.05) is 4.90 Å². The van der Waals surface area contributed by atoms with Crippen LogP contribution in [0.15, 0.2) is 30.4 Å². The number of anilines is 1. The lowest BCUT2D eigenvalue weighted by atomic mass is 9.85. The number of hydrogen-bond donors (Lipinski definition) is 0. The number of carbonyl (C=O) groups excluding carboxylic acids is 2. The van der Waals surface area contributed by atoms with Gasteiger partial charge < -0.3 is 4.74 Å². The lowest BCUT2D eigenvalue weighted by molar-refractivity contribution is -0.137. The van der Waals surface area contributed by atoms with Crippen LogP contribution in [0.3, 0.4) is 0 Å². The minimum Gasteiger partial charge on any atom is -0.365 e. The molecule has 0 N–H and O–H groups in total. The lowest BCUT2D eigenvalue weighted by Gasteiger charge is -2.19. The Morgan fingerprint density at radius 1 is 1.04 bits per heavy atom. The largest absolute Gasteiger partial charge is 0.417 e. The second kappa shape index (κ2) is 4.58. The number of nitrogens with zero attached hydrogens (tertiary/aromatic N) is 1. The zero-order chi connectivity index (χ0) is 16.5. The van der Waals surface area contributed by atoms with Gasteiger partial charge in [0.1, 0.15) is 0 Å². The Morgan fingerprint density at radius 2 is 1.61 bits per heavy atom. The number of ether oxygens (including phenoxy) is 1. The van der Waals surface area contributed by atoms with E-state index < -0.39 is 52.6 Å². The summed E-state index contributed by atoms with van der Waals surface area (Å²) in [5.74, 6) is -2.40. The quantitative estimate of drug-likeness (QED) is 0.582. The summed E-state index contributed by atoms with van der Waals surface area (Å²) in [6, 6.07) is 3.01. The molecule has 1 aromatic rings. The van der Waals surface area contributed by atoms with Crippen molar-refractivity contribution in [3.8, 4) is 0 Å². The van der Waals surface area contributed by atoms with Crippen molar-refractivity contribution in [1.82, 2.24) is 0 Å². The highest BCUT2D eigenvalue weighted by Crippen LogP contribution is 2.47. The molecule has 1 aromatic carbocycles. The smallest absolute Gasteiger partial charge is 0.365 e. The lowest BCUT2D eigenvalue weighted by Crippen LogP contribution is -2.34. The van der Waals surface area contributed by atoms with Gasteiger partial charge in [-0.2, -0.15) is 13.2 Å². The third kappa shape index (κ3) is 1.96. The summed E-state index contributed by atoms with van der Waals surface area (Å²) in [6.07, 6.45) is -2.22. The third-order valence-corrected chi connectivity index (χ3v) is 4.75. The van der Waals surface area contributed by atoms with Crippen molar-refractivity contribution >= 4 is 29.1 Å². The van der Waals surface area contributed by atoms with Gasteiger partial charge in [-0.1, -0.05) is 23.8 Å². The molecule has 0 radical (unpaired) electrons. The number of fused-ring (bicyclic) bond motifs is 5. The molecular weight excluding hydrogens is 335 g/mol. The molecule has 2 fully saturated rings. The summed E-state index contributed by atoms with van der Waals surface area (Å²) >= 11 is 5.57. The number of alkyl halides is 3. The highest BCUT2D eigenvalue weighted by Gasteiger charge is 2.61. The Balaban J connectivity index is 1.75. The first-order chi connectivity index (χ1) is 10.8. The summed E-state index contributed by atoms with van der Waals surface area (Å²) in [6.45, 7) is 0. The van der Waals surface area contributed by atoms with Gasteiger partial charge >= 0.3 is 6.18 Å². The van der Waals surface area contributed by atoms with Crippen LogP contribution in [0.2, 0.25) is 5.02 Å². The molecule has 4 nitrogen and oxygen atoms in total. The zero-order valence-corrected chi connectivity index (χ0v) is 12.1. The van der Waals surface area contributed by atoms with E-state index in [0.29, 0.717) is 0 Å². The Morgan fingerprint density at radius 3 is 2.13 bits per heavy atom. The first-order valence-electron chi connectivity index (χ1n) is 6.87. The van der Waals surface area contributed by atoms with Crippen molar-refractivity contribution in [3.05, 3.63) is 40.9 Å².